The normalized spacial score (nSPS) is 19.7. The first kappa shape index (κ1) is 12.5. The quantitative estimate of drug-likeness (QED) is 0.906. The minimum absolute atomic E-state index is 0.129. The molecule has 0 aliphatic carbocycles. The second-order valence-electron chi connectivity index (χ2n) is 4.12. The van der Waals surface area contributed by atoms with E-state index in [1.807, 2.05) is 7.05 Å². The molecule has 0 bridgehead atoms. The van der Waals surface area contributed by atoms with Gasteiger partial charge in [0.05, 0.1) is 5.56 Å². The molecule has 2 rings (SSSR count). The summed E-state index contributed by atoms with van der Waals surface area (Å²) in [6.07, 6.45) is 0.911. The van der Waals surface area contributed by atoms with Gasteiger partial charge in [0.2, 0.25) is 0 Å². The second-order valence-corrected chi connectivity index (χ2v) is 4.98. The third kappa shape index (κ3) is 2.50. The molecule has 0 radical (unpaired) electrons. The van der Waals surface area contributed by atoms with Crippen molar-refractivity contribution in [1.82, 2.24) is 10.2 Å². The molecule has 1 aliphatic heterocycles. The fourth-order valence-electron chi connectivity index (χ4n) is 2.04. The zero-order valence-corrected chi connectivity index (χ0v) is 11.1. The lowest BCUT2D eigenvalue weighted by Gasteiger charge is -2.17. The van der Waals surface area contributed by atoms with Crippen molar-refractivity contribution >= 4 is 21.8 Å². The van der Waals surface area contributed by atoms with Crippen molar-refractivity contribution in [2.24, 2.45) is 0 Å². The van der Waals surface area contributed by atoms with Gasteiger partial charge < -0.3 is 10.2 Å². The summed E-state index contributed by atoms with van der Waals surface area (Å²) in [4.78, 5) is 13.9. The number of hydrogen-bond donors (Lipinski definition) is 1. The lowest BCUT2D eigenvalue weighted by Crippen LogP contribution is -2.34. The Labute approximate surface area is 108 Å². The van der Waals surface area contributed by atoms with Crippen LogP contribution in [0.15, 0.2) is 22.7 Å². The molecule has 1 fully saturated rings. The minimum atomic E-state index is -0.475. The molecule has 0 saturated carbocycles. The van der Waals surface area contributed by atoms with Crippen LogP contribution in [-0.2, 0) is 0 Å². The fourth-order valence-corrected chi connectivity index (χ4v) is 2.55. The number of amides is 1. The number of hydrogen-bond acceptors (Lipinski definition) is 2. The summed E-state index contributed by atoms with van der Waals surface area (Å²) < 4.78 is 14.1. The van der Waals surface area contributed by atoms with Crippen LogP contribution in [0.4, 0.5) is 4.39 Å². The topological polar surface area (TPSA) is 32.3 Å². The molecule has 0 spiro atoms. The predicted octanol–water partition coefficient (Wildman–Crippen LogP) is 2.02. The highest BCUT2D eigenvalue weighted by atomic mass is 79.9. The number of halogens is 2. The number of nitrogens with zero attached hydrogens (tertiary/aromatic N) is 1. The summed E-state index contributed by atoms with van der Waals surface area (Å²) in [5.74, 6) is -0.718. The molecule has 1 aromatic rings. The molecule has 1 atom stereocenters. The number of likely N-dealkylation sites (tertiary alicyclic amines) is 1. The smallest absolute Gasteiger partial charge is 0.258 e. The number of likely N-dealkylation sites (N-methyl/N-ethyl adjacent to an activating group) is 1. The van der Waals surface area contributed by atoms with E-state index in [4.69, 9.17) is 0 Å². The molecule has 92 valence electrons. The zero-order valence-electron chi connectivity index (χ0n) is 9.54. The van der Waals surface area contributed by atoms with Crippen molar-refractivity contribution in [3.63, 3.8) is 0 Å². The maximum absolute atomic E-state index is 13.6. The first-order valence-electron chi connectivity index (χ1n) is 5.54. The van der Waals surface area contributed by atoms with Crippen LogP contribution in [0.3, 0.4) is 0 Å². The Bertz CT molecular complexity index is 418. The predicted molar refractivity (Wildman–Crippen MR) is 67.5 cm³/mol. The van der Waals surface area contributed by atoms with Gasteiger partial charge in [0, 0.05) is 23.6 Å². The Morgan fingerprint density at radius 1 is 1.59 bits per heavy atom. The zero-order chi connectivity index (χ0) is 12.4. The van der Waals surface area contributed by atoms with Crippen molar-refractivity contribution in [1.29, 1.82) is 0 Å². The summed E-state index contributed by atoms with van der Waals surface area (Å²) in [6.45, 7) is 1.31. The van der Waals surface area contributed by atoms with Gasteiger partial charge >= 0.3 is 0 Å². The average molecular weight is 301 g/mol. The highest BCUT2D eigenvalue weighted by Gasteiger charge is 2.28. The van der Waals surface area contributed by atoms with Crippen LogP contribution in [0.25, 0.3) is 0 Å². The molecule has 1 unspecified atom stereocenters. The van der Waals surface area contributed by atoms with Gasteiger partial charge in [0.15, 0.2) is 0 Å². The van der Waals surface area contributed by atoms with Crippen molar-refractivity contribution in [3.05, 3.63) is 34.1 Å². The summed E-state index contributed by atoms with van der Waals surface area (Å²) in [6, 6.07) is 4.88. The number of carbonyl (C=O) groups excluding carboxylic acids is 1. The average Bonchev–Trinajstić information content (AvgIpc) is 2.77. The van der Waals surface area contributed by atoms with E-state index in [1.54, 1.807) is 17.0 Å². The lowest BCUT2D eigenvalue weighted by atomic mass is 10.2. The van der Waals surface area contributed by atoms with E-state index in [-0.39, 0.29) is 11.5 Å². The second kappa shape index (κ2) is 5.14. The number of nitrogens with one attached hydrogen (secondary N) is 1. The van der Waals surface area contributed by atoms with Crippen molar-refractivity contribution in [2.75, 3.05) is 20.1 Å². The molecule has 1 heterocycles. The van der Waals surface area contributed by atoms with E-state index < -0.39 is 5.82 Å². The van der Waals surface area contributed by atoms with Crippen molar-refractivity contribution in [3.8, 4) is 0 Å². The van der Waals surface area contributed by atoms with Gasteiger partial charge in [0.25, 0.3) is 5.91 Å². The molecule has 1 aromatic carbocycles. The van der Waals surface area contributed by atoms with E-state index in [2.05, 4.69) is 21.2 Å². The molecular weight excluding hydrogens is 287 g/mol. The third-order valence-electron chi connectivity index (χ3n) is 3.06. The van der Waals surface area contributed by atoms with Crippen molar-refractivity contribution < 1.29 is 9.18 Å². The minimum Gasteiger partial charge on any atom is -0.337 e. The van der Waals surface area contributed by atoms with Gasteiger partial charge in [-0.05, 0) is 41.5 Å². The molecule has 1 aliphatic rings. The summed E-state index contributed by atoms with van der Waals surface area (Å²) in [5, 5.41) is 3.13. The Kier molecular flexibility index (Phi) is 3.79. The number of rotatable bonds is 2. The number of carbonyl (C=O) groups is 1. The van der Waals surface area contributed by atoms with Crippen LogP contribution >= 0.6 is 15.9 Å². The Morgan fingerprint density at radius 2 is 2.35 bits per heavy atom. The van der Waals surface area contributed by atoms with Crippen LogP contribution in [0.2, 0.25) is 0 Å². The molecule has 1 N–H and O–H groups in total. The van der Waals surface area contributed by atoms with E-state index in [1.165, 1.54) is 6.07 Å². The summed E-state index contributed by atoms with van der Waals surface area (Å²) in [5.41, 5.74) is 0.129. The van der Waals surface area contributed by atoms with E-state index >= 15 is 0 Å². The Hall–Kier alpha value is -0.940. The van der Waals surface area contributed by atoms with Crippen LogP contribution in [0.1, 0.15) is 16.8 Å². The molecular formula is C12H14BrFN2O. The Morgan fingerprint density at radius 3 is 2.94 bits per heavy atom. The Balaban J connectivity index is 2.21. The van der Waals surface area contributed by atoms with Gasteiger partial charge in [-0.25, -0.2) is 4.39 Å². The lowest BCUT2D eigenvalue weighted by molar-refractivity contribution is 0.0784. The van der Waals surface area contributed by atoms with Gasteiger partial charge in [-0.3, -0.25) is 4.79 Å². The largest absolute Gasteiger partial charge is 0.337 e. The maximum Gasteiger partial charge on any atom is 0.258 e. The molecule has 3 nitrogen and oxygen atoms in total. The van der Waals surface area contributed by atoms with Gasteiger partial charge in [-0.2, -0.15) is 0 Å². The maximum atomic E-state index is 13.6. The fraction of sp³-hybridized carbons (Fsp3) is 0.417. The van der Waals surface area contributed by atoms with E-state index in [9.17, 15) is 9.18 Å². The molecule has 1 saturated heterocycles. The molecule has 5 heteroatoms. The van der Waals surface area contributed by atoms with E-state index in [0.717, 1.165) is 6.42 Å². The highest BCUT2D eigenvalue weighted by molar-refractivity contribution is 9.10. The standard InChI is InChI=1S/C12H14BrFN2O/c1-15-8-5-6-16(7-8)12(17)11-9(13)3-2-4-10(11)14/h2-4,8,15H,5-7H2,1H3. The van der Waals surface area contributed by atoms with Gasteiger partial charge in [0.1, 0.15) is 5.82 Å². The van der Waals surface area contributed by atoms with Crippen LogP contribution in [-0.4, -0.2) is 37.0 Å². The SMILES string of the molecule is CNC1CCN(C(=O)c2c(F)cccc2Br)C1. The monoisotopic (exact) mass is 300 g/mol. The third-order valence-corrected chi connectivity index (χ3v) is 3.72. The van der Waals surface area contributed by atoms with E-state index in [0.29, 0.717) is 23.6 Å². The highest BCUT2D eigenvalue weighted by Crippen LogP contribution is 2.23. The summed E-state index contributed by atoms with van der Waals surface area (Å²) >= 11 is 3.22. The first-order chi connectivity index (χ1) is 8.13. The van der Waals surface area contributed by atoms with Gasteiger partial charge in [-0.1, -0.05) is 6.07 Å². The summed E-state index contributed by atoms with van der Waals surface area (Å²) in [7, 11) is 1.87. The molecule has 1 amide bonds. The van der Waals surface area contributed by atoms with Crippen molar-refractivity contribution in [2.45, 2.75) is 12.5 Å². The molecule has 0 aromatic heterocycles. The van der Waals surface area contributed by atoms with Crippen LogP contribution < -0.4 is 5.32 Å². The van der Waals surface area contributed by atoms with Crippen LogP contribution in [0.5, 0.6) is 0 Å². The number of benzene rings is 1. The molecule has 17 heavy (non-hydrogen) atoms. The first-order valence-corrected chi connectivity index (χ1v) is 6.33. The van der Waals surface area contributed by atoms with Crippen LogP contribution in [0, 0.1) is 5.82 Å². The van der Waals surface area contributed by atoms with Gasteiger partial charge in [-0.15, -0.1) is 0 Å².